The maximum absolute atomic E-state index is 11.5. The van der Waals surface area contributed by atoms with E-state index in [-0.39, 0.29) is 5.69 Å². The fourth-order valence-corrected chi connectivity index (χ4v) is 2.22. The molecule has 0 aromatic carbocycles. The first-order valence-corrected chi connectivity index (χ1v) is 6.74. The smallest absolute Gasteiger partial charge is 0.269 e. The van der Waals surface area contributed by atoms with Gasteiger partial charge in [0.1, 0.15) is 11.4 Å². The van der Waals surface area contributed by atoms with Crippen molar-refractivity contribution in [2.24, 2.45) is 12.8 Å². The zero-order valence-corrected chi connectivity index (χ0v) is 12.9. The number of imidazole rings is 1. The molecular weight excluding hydrogens is 300 g/mol. The number of nitrogens with one attached hydrogen (secondary N) is 2. The monoisotopic (exact) mass is 316 g/mol. The number of carbonyl (C=O) groups is 1. The average molecular weight is 316 g/mol. The van der Waals surface area contributed by atoms with Crippen LogP contribution < -0.4 is 21.1 Å². The number of methoxy groups -OCH3 is 1. The molecule has 0 spiro atoms. The van der Waals surface area contributed by atoms with Gasteiger partial charge in [0.25, 0.3) is 11.8 Å². The number of nitrogens with zero attached hydrogens (tertiary/aromatic N) is 5. The van der Waals surface area contributed by atoms with E-state index in [0.717, 1.165) is 0 Å². The lowest BCUT2D eigenvalue weighted by Gasteiger charge is -2.09. The summed E-state index contributed by atoms with van der Waals surface area (Å²) in [5.41, 5.74) is 7.39. The van der Waals surface area contributed by atoms with E-state index in [0.29, 0.717) is 28.7 Å². The summed E-state index contributed by atoms with van der Waals surface area (Å²) in [6, 6.07) is 1.76. The van der Waals surface area contributed by atoms with Gasteiger partial charge in [-0.3, -0.25) is 9.48 Å². The average Bonchev–Trinajstić information content (AvgIpc) is 3.09. The summed E-state index contributed by atoms with van der Waals surface area (Å²) in [6.07, 6.45) is 3.15. The maximum Gasteiger partial charge on any atom is 0.269 e. The lowest BCUT2D eigenvalue weighted by Crippen LogP contribution is -2.15. The molecule has 120 valence electrons. The standard InChI is InChI=1S/C13H16N8O2/c1-15-7-4-10(17-8-6-20(2)19-13(8)23-3)18-21-9(11(14)22)5-16-12(7)21/h4-6,15H,1-3H3,(H2,14,22)(H,17,18). The number of hydrogen-bond donors (Lipinski definition) is 3. The molecule has 0 aliphatic heterocycles. The van der Waals surface area contributed by atoms with Crippen molar-refractivity contribution >= 4 is 28.7 Å². The van der Waals surface area contributed by atoms with Crippen molar-refractivity contribution in [1.82, 2.24) is 24.4 Å². The molecule has 1 amide bonds. The minimum Gasteiger partial charge on any atom is -0.478 e. The number of nitrogens with two attached hydrogens (primary N) is 1. The third-order valence-corrected chi connectivity index (χ3v) is 3.24. The summed E-state index contributed by atoms with van der Waals surface area (Å²) in [7, 11) is 5.07. The molecule has 4 N–H and O–H groups in total. The Labute approximate surface area is 131 Å². The van der Waals surface area contributed by atoms with E-state index < -0.39 is 5.91 Å². The van der Waals surface area contributed by atoms with E-state index in [1.54, 1.807) is 31.0 Å². The first-order chi connectivity index (χ1) is 11.0. The van der Waals surface area contributed by atoms with Crippen molar-refractivity contribution < 1.29 is 9.53 Å². The van der Waals surface area contributed by atoms with Crippen molar-refractivity contribution in [3.05, 3.63) is 24.2 Å². The van der Waals surface area contributed by atoms with Crippen LogP contribution in [0.25, 0.3) is 5.65 Å². The summed E-state index contributed by atoms with van der Waals surface area (Å²) in [6.45, 7) is 0. The van der Waals surface area contributed by atoms with Gasteiger partial charge in [-0.15, -0.1) is 10.2 Å². The normalized spacial score (nSPS) is 10.7. The molecule has 0 aliphatic carbocycles. The molecule has 10 nitrogen and oxygen atoms in total. The summed E-state index contributed by atoms with van der Waals surface area (Å²) < 4.78 is 8.20. The molecular formula is C13H16N8O2. The van der Waals surface area contributed by atoms with Crippen LogP contribution in [0.15, 0.2) is 18.5 Å². The highest BCUT2D eigenvalue weighted by Gasteiger charge is 2.15. The fourth-order valence-electron chi connectivity index (χ4n) is 2.22. The summed E-state index contributed by atoms with van der Waals surface area (Å²) in [5, 5.41) is 14.6. The highest BCUT2D eigenvalue weighted by molar-refractivity contribution is 5.92. The van der Waals surface area contributed by atoms with Crippen molar-refractivity contribution in [2.45, 2.75) is 0 Å². The second kappa shape index (κ2) is 5.48. The topological polar surface area (TPSA) is 124 Å². The van der Waals surface area contributed by atoms with Gasteiger partial charge in [0.05, 0.1) is 25.2 Å². The highest BCUT2D eigenvalue weighted by atomic mass is 16.5. The van der Waals surface area contributed by atoms with Gasteiger partial charge < -0.3 is 21.1 Å². The number of primary amides is 1. The quantitative estimate of drug-likeness (QED) is 0.620. The SMILES string of the molecule is CNc1cc(Nc2cn(C)nc2OC)nn2c(C(N)=O)cnc12. The fraction of sp³-hybridized carbons (Fsp3) is 0.231. The molecule has 3 heterocycles. The number of ether oxygens (including phenoxy) is 1. The van der Waals surface area contributed by atoms with Crippen LogP contribution in [0.4, 0.5) is 17.2 Å². The van der Waals surface area contributed by atoms with E-state index in [2.05, 4.69) is 25.8 Å². The van der Waals surface area contributed by atoms with Gasteiger partial charge in [-0.2, -0.15) is 0 Å². The lowest BCUT2D eigenvalue weighted by molar-refractivity contribution is 0.0993. The molecule has 10 heteroatoms. The number of amides is 1. The Hall–Kier alpha value is -3.30. The molecule has 0 fully saturated rings. The van der Waals surface area contributed by atoms with Crippen molar-refractivity contribution in [1.29, 1.82) is 0 Å². The molecule has 0 radical (unpaired) electrons. The molecule has 0 aliphatic rings. The molecule has 3 rings (SSSR count). The third-order valence-electron chi connectivity index (χ3n) is 3.24. The summed E-state index contributed by atoms with van der Waals surface area (Å²) in [4.78, 5) is 15.7. The molecule has 0 saturated heterocycles. The molecule has 0 unspecified atom stereocenters. The van der Waals surface area contributed by atoms with E-state index in [1.807, 2.05) is 0 Å². The first-order valence-electron chi connectivity index (χ1n) is 6.74. The van der Waals surface area contributed by atoms with Gasteiger partial charge in [-0.1, -0.05) is 0 Å². The van der Waals surface area contributed by atoms with Crippen LogP contribution in [-0.4, -0.2) is 44.4 Å². The second-order valence-corrected chi connectivity index (χ2v) is 4.79. The van der Waals surface area contributed by atoms with Gasteiger partial charge >= 0.3 is 0 Å². The number of rotatable bonds is 5. The Morgan fingerprint density at radius 2 is 2.13 bits per heavy atom. The predicted molar refractivity (Wildman–Crippen MR) is 84.1 cm³/mol. The summed E-state index contributed by atoms with van der Waals surface area (Å²) in [5.74, 6) is 0.304. The number of fused-ring (bicyclic) bond motifs is 1. The van der Waals surface area contributed by atoms with Crippen LogP contribution in [-0.2, 0) is 7.05 Å². The van der Waals surface area contributed by atoms with Gasteiger partial charge in [0.2, 0.25) is 0 Å². The van der Waals surface area contributed by atoms with Gasteiger partial charge in [0.15, 0.2) is 11.5 Å². The van der Waals surface area contributed by atoms with Crippen molar-refractivity contribution in [2.75, 3.05) is 24.8 Å². The largest absolute Gasteiger partial charge is 0.478 e. The van der Waals surface area contributed by atoms with E-state index >= 15 is 0 Å². The number of hydrogen-bond acceptors (Lipinski definition) is 7. The minimum atomic E-state index is -0.608. The van der Waals surface area contributed by atoms with E-state index in [1.165, 1.54) is 17.8 Å². The summed E-state index contributed by atoms with van der Waals surface area (Å²) >= 11 is 0. The van der Waals surface area contributed by atoms with Crippen LogP contribution in [0.5, 0.6) is 5.88 Å². The van der Waals surface area contributed by atoms with Crippen molar-refractivity contribution in [3.63, 3.8) is 0 Å². The molecule has 23 heavy (non-hydrogen) atoms. The van der Waals surface area contributed by atoms with E-state index in [9.17, 15) is 4.79 Å². The van der Waals surface area contributed by atoms with Gasteiger partial charge in [-0.25, -0.2) is 9.50 Å². The zero-order chi connectivity index (χ0) is 16.6. The first kappa shape index (κ1) is 14.6. The molecule has 0 bridgehead atoms. The third kappa shape index (κ3) is 2.50. The van der Waals surface area contributed by atoms with Crippen LogP contribution in [0.2, 0.25) is 0 Å². The number of aromatic nitrogens is 5. The zero-order valence-electron chi connectivity index (χ0n) is 12.9. The van der Waals surface area contributed by atoms with Crippen molar-refractivity contribution in [3.8, 4) is 5.88 Å². The Morgan fingerprint density at radius 1 is 1.35 bits per heavy atom. The molecule has 0 atom stereocenters. The van der Waals surface area contributed by atoms with E-state index in [4.69, 9.17) is 10.5 Å². The molecule has 3 aromatic heterocycles. The Kier molecular flexibility index (Phi) is 3.48. The maximum atomic E-state index is 11.5. The molecule has 3 aromatic rings. The Bertz CT molecular complexity index is 882. The van der Waals surface area contributed by atoms with Crippen LogP contribution >= 0.6 is 0 Å². The van der Waals surface area contributed by atoms with Gasteiger partial charge in [0, 0.05) is 20.2 Å². The van der Waals surface area contributed by atoms with Crippen LogP contribution in [0.3, 0.4) is 0 Å². The number of aryl methyl sites for hydroxylation is 1. The molecule has 0 saturated carbocycles. The Morgan fingerprint density at radius 3 is 2.78 bits per heavy atom. The highest BCUT2D eigenvalue weighted by Crippen LogP contribution is 2.27. The lowest BCUT2D eigenvalue weighted by atomic mass is 10.4. The predicted octanol–water partition coefficient (Wildman–Crippen LogP) is 0.356. The van der Waals surface area contributed by atoms with Gasteiger partial charge in [-0.05, 0) is 0 Å². The minimum absolute atomic E-state index is 0.193. The number of carbonyl (C=O) groups excluding carboxylic acids is 1. The number of anilines is 3. The van der Waals surface area contributed by atoms with Crippen LogP contribution in [0, 0.1) is 0 Å². The Balaban J connectivity index is 2.10. The second-order valence-electron chi connectivity index (χ2n) is 4.79. The van der Waals surface area contributed by atoms with Crippen LogP contribution in [0.1, 0.15) is 10.5 Å².